The van der Waals surface area contributed by atoms with E-state index in [1.165, 1.54) is 11.1 Å². The summed E-state index contributed by atoms with van der Waals surface area (Å²) in [5, 5.41) is 16.7. The van der Waals surface area contributed by atoms with E-state index in [2.05, 4.69) is 68.7 Å². The molecule has 0 radical (unpaired) electrons. The molecule has 36 heavy (non-hydrogen) atoms. The molecular formula is C30H48N2O4. The first-order valence-electron chi connectivity index (χ1n) is 13.5. The number of carbonyl (C=O) groups is 1. The van der Waals surface area contributed by atoms with Gasteiger partial charge in [0, 0.05) is 25.0 Å². The summed E-state index contributed by atoms with van der Waals surface area (Å²) in [5.74, 6) is 0.435. The summed E-state index contributed by atoms with van der Waals surface area (Å²) in [7, 11) is 1.84. The average Bonchev–Trinajstić information content (AvgIpc) is 2.82. The van der Waals surface area contributed by atoms with Crippen LogP contribution in [-0.4, -0.2) is 55.2 Å². The number of amides is 1. The van der Waals surface area contributed by atoms with Crippen molar-refractivity contribution in [3.63, 3.8) is 0 Å². The predicted octanol–water partition coefficient (Wildman–Crippen LogP) is 4.98. The van der Waals surface area contributed by atoms with E-state index >= 15 is 0 Å². The lowest BCUT2D eigenvalue weighted by Gasteiger charge is -2.39. The second kappa shape index (κ2) is 16.0. The zero-order valence-electron chi connectivity index (χ0n) is 23.1. The van der Waals surface area contributed by atoms with Crippen molar-refractivity contribution in [1.82, 2.24) is 10.6 Å². The van der Waals surface area contributed by atoms with Crippen molar-refractivity contribution in [2.45, 2.75) is 97.4 Å². The molecule has 2 rings (SSSR count). The monoisotopic (exact) mass is 500 g/mol. The molecule has 0 aromatic rings. The maximum absolute atomic E-state index is 12.2. The normalized spacial score (nSPS) is 39.5. The summed E-state index contributed by atoms with van der Waals surface area (Å²) < 4.78 is 12.5. The predicted molar refractivity (Wildman–Crippen MR) is 147 cm³/mol. The van der Waals surface area contributed by atoms with Crippen LogP contribution in [0.2, 0.25) is 0 Å². The minimum absolute atomic E-state index is 0.0771. The fraction of sp³-hybridized carbons (Fsp3) is 0.633. The van der Waals surface area contributed by atoms with Gasteiger partial charge in [0.25, 0.3) is 0 Å². The third kappa shape index (κ3) is 11.0. The Morgan fingerprint density at radius 1 is 1.14 bits per heavy atom. The van der Waals surface area contributed by atoms with Crippen LogP contribution in [0.15, 0.2) is 59.8 Å². The lowest BCUT2D eigenvalue weighted by atomic mass is 9.97. The zero-order valence-corrected chi connectivity index (χ0v) is 23.1. The number of likely N-dealkylation sites (N-methyl/N-ethyl adjacent to an activating group) is 1. The van der Waals surface area contributed by atoms with Crippen molar-refractivity contribution < 1.29 is 19.4 Å². The van der Waals surface area contributed by atoms with Crippen LogP contribution in [0.25, 0.3) is 0 Å². The Bertz CT molecular complexity index is 817. The van der Waals surface area contributed by atoms with E-state index in [4.69, 9.17) is 9.47 Å². The van der Waals surface area contributed by atoms with Gasteiger partial charge in [0.1, 0.15) is 0 Å². The first kappa shape index (κ1) is 30.2. The number of allylic oxidation sites excluding steroid dienone is 7. The molecule has 0 aromatic heterocycles. The highest BCUT2D eigenvalue weighted by atomic mass is 16.7. The van der Waals surface area contributed by atoms with Gasteiger partial charge in [0.05, 0.1) is 24.4 Å². The van der Waals surface area contributed by atoms with E-state index in [1.54, 1.807) is 12.2 Å². The average molecular weight is 501 g/mol. The molecule has 0 unspecified atom stereocenters. The number of aliphatic hydroxyl groups is 1. The van der Waals surface area contributed by atoms with Crippen LogP contribution in [0.5, 0.6) is 0 Å². The van der Waals surface area contributed by atoms with E-state index in [9.17, 15) is 9.90 Å². The summed E-state index contributed by atoms with van der Waals surface area (Å²) in [6, 6.07) is -0.105. The Balaban J connectivity index is 2.18. The SMILES string of the molecule is CN[C@H]1[C@H](C)O[C@@H](O[C@@H]2C/C=C(/C)C/C(C)=C\C=C/CC[C@@H](C)CNC(=O)/C=C\C=C/[C@H]2C)C[C@@H]1O. The Labute approximate surface area is 218 Å². The van der Waals surface area contributed by atoms with E-state index < -0.39 is 12.4 Å². The second-order valence-electron chi connectivity index (χ2n) is 10.5. The minimum atomic E-state index is -0.524. The fourth-order valence-electron chi connectivity index (χ4n) is 4.68. The van der Waals surface area contributed by atoms with Crippen molar-refractivity contribution in [2.24, 2.45) is 11.8 Å². The quantitative estimate of drug-likeness (QED) is 0.477. The van der Waals surface area contributed by atoms with Crippen LogP contribution >= 0.6 is 0 Å². The Morgan fingerprint density at radius 3 is 2.64 bits per heavy atom. The van der Waals surface area contributed by atoms with E-state index in [1.807, 2.05) is 20.0 Å². The molecule has 2 aliphatic rings. The van der Waals surface area contributed by atoms with Crippen LogP contribution in [0.1, 0.15) is 66.7 Å². The van der Waals surface area contributed by atoms with Gasteiger partial charge < -0.3 is 25.2 Å². The van der Waals surface area contributed by atoms with Gasteiger partial charge >= 0.3 is 0 Å². The van der Waals surface area contributed by atoms with Gasteiger partial charge in [-0.1, -0.05) is 67.5 Å². The van der Waals surface area contributed by atoms with Gasteiger partial charge in [-0.15, -0.1) is 0 Å². The van der Waals surface area contributed by atoms with Crippen LogP contribution in [-0.2, 0) is 14.3 Å². The molecule has 2 heterocycles. The second-order valence-corrected chi connectivity index (χ2v) is 10.5. The van der Waals surface area contributed by atoms with Crippen LogP contribution in [0, 0.1) is 11.8 Å². The Hall–Kier alpha value is -1.99. The topological polar surface area (TPSA) is 79.8 Å². The molecular weight excluding hydrogens is 452 g/mol. The van der Waals surface area contributed by atoms with Crippen molar-refractivity contribution in [2.75, 3.05) is 13.6 Å². The van der Waals surface area contributed by atoms with Gasteiger partial charge in [-0.05, 0) is 59.4 Å². The van der Waals surface area contributed by atoms with Crippen molar-refractivity contribution >= 4 is 5.91 Å². The van der Waals surface area contributed by atoms with E-state index in [0.717, 1.165) is 25.7 Å². The first-order chi connectivity index (χ1) is 17.2. The summed E-state index contributed by atoms with van der Waals surface area (Å²) in [6.45, 7) is 11.2. The van der Waals surface area contributed by atoms with Crippen LogP contribution in [0.4, 0.5) is 0 Å². The molecule has 1 amide bonds. The number of hydrogen-bond donors (Lipinski definition) is 3. The summed E-state index contributed by atoms with van der Waals surface area (Å²) in [5.41, 5.74) is 2.62. The number of hydrogen-bond acceptors (Lipinski definition) is 5. The summed E-state index contributed by atoms with van der Waals surface area (Å²) in [4.78, 5) is 12.2. The highest BCUT2D eigenvalue weighted by Gasteiger charge is 2.36. The Kier molecular flexibility index (Phi) is 13.4. The Morgan fingerprint density at radius 2 is 1.92 bits per heavy atom. The van der Waals surface area contributed by atoms with Gasteiger partial charge in [-0.3, -0.25) is 4.79 Å². The van der Waals surface area contributed by atoms with Gasteiger partial charge in [-0.2, -0.15) is 0 Å². The number of nitrogens with one attached hydrogen (secondary N) is 2. The number of aliphatic hydroxyl groups excluding tert-OH is 1. The van der Waals surface area contributed by atoms with Gasteiger partial charge in [0.2, 0.25) is 5.91 Å². The molecule has 3 N–H and O–H groups in total. The molecule has 7 atom stereocenters. The highest BCUT2D eigenvalue weighted by Crippen LogP contribution is 2.26. The summed E-state index contributed by atoms with van der Waals surface area (Å²) in [6.07, 6.45) is 19.0. The highest BCUT2D eigenvalue weighted by molar-refractivity contribution is 5.87. The van der Waals surface area contributed by atoms with Crippen LogP contribution in [0.3, 0.4) is 0 Å². The molecule has 6 nitrogen and oxygen atoms in total. The van der Waals surface area contributed by atoms with Crippen molar-refractivity contribution in [3.8, 4) is 0 Å². The molecule has 0 aliphatic carbocycles. The zero-order chi connectivity index (χ0) is 26.5. The number of rotatable bonds is 3. The van der Waals surface area contributed by atoms with Crippen molar-refractivity contribution in [1.29, 1.82) is 0 Å². The van der Waals surface area contributed by atoms with Crippen molar-refractivity contribution in [3.05, 3.63) is 59.8 Å². The fourth-order valence-corrected chi connectivity index (χ4v) is 4.68. The number of carbonyl (C=O) groups excluding carboxylic acids is 1. The lowest BCUT2D eigenvalue weighted by Crippen LogP contribution is -2.54. The third-order valence-corrected chi connectivity index (χ3v) is 6.96. The first-order valence-corrected chi connectivity index (χ1v) is 13.5. The maximum Gasteiger partial charge on any atom is 0.243 e. The largest absolute Gasteiger partial charge is 0.391 e. The van der Waals surface area contributed by atoms with Gasteiger partial charge in [0.15, 0.2) is 6.29 Å². The lowest BCUT2D eigenvalue weighted by molar-refractivity contribution is -0.241. The molecule has 2 aliphatic heterocycles. The van der Waals surface area contributed by atoms with Crippen LogP contribution < -0.4 is 10.6 Å². The third-order valence-electron chi connectivity index (χ3n) is 6.96. The molecule has 202 valence electrons. The molecule has 1 fully saturated rings. The summed E-state index contributed by atoms with van der Waals surface area (Å²) >= 11 is 0. The smallest absolute Gasteiger partial charge is 0.243 e. The molecule has 6 heteroatoms. The minimum Gasteiger partial charge on any atom is -0.391 e. The number of ether oxygens (including phenoxy) is 2. The molecule has 0 bridgehead atoms. The maximum atomic E-state index is 12.2. The van der Waals surface area contributed by atoms with E-state index in [-0.39, 0.29) is 30.1 Å². The molecule has 0 aromatic carbocycles. The molecule has 0 saturated carbocycles. The van der Waals surface area contributed by atoms with E-state index in [0.29, 0.717) is 18.9 Å². The van der Waals surface area contributed by atoms with Gasteiger partial charge in [-0.25, -0.2) is 0 Å². The molecule has 0 spiro atoms. The molecule has 1 saturated heterocycles. The standard InChI is InChI=1S/C30H48N2O4/c1-21-12-8-7-9-13-23(3)20-32-28(34)15-11-10-14-24(4)27(17-16-22(2)18-21)36-29-19-26(33)30(31-6)25(5)35-29/h7-8,10-12,14-16,23-27,29-31,33H,9,13,17-20H2,1-6H3,(H,32,34)/b8-7-,14-10-,15-11-,21-12-,22-16-/t23-,24-,25+,26+,27-,29+,30+/m1/s1.